The minimum Gasteiger partial charge on any atom is -0.390 e. The lowest BCUT2D eigenvalue weighted by Gasteiger charge is -2.21. The predicted molar refractivity (Wildman–Crippen MR) is 73.8 cm³/mol. The number of rotatable bonds is 3. The highest BCUT2D eigenvalue weighted by Crippen LogP contribution is 2.27. The van der Waals surface area contributed by atoms with Gasteiger partial charge >= 0.3 is 0 Å². The lowest BCUT2D eigenvalue weighted by Crippen LogP contribution is -2.40. The van der Waals surface area contributed by atoms with Crippen molar-refractivity contribution in [3.05, 3.63) is 21.4 Å². The minimum atomic E-state index is -3.09. The molecule has 18 heavy (non-hydrogen) atoms. The summed E-state index contributed by atoms with van der Waals surface area (Å²) in [6.45, 7) is 6.13. The summed E-state index contributed by atoms with van der Waals surface area (Å²) in [5, 5.41) is 13.0. The summed E-state index contributed by atoms with van der Waals surface area (Å²) < 4.78 is 22.9. The topological polar surface area (TPSA) is 66.4 Å². The smallest absolute Gasteiger partial charge is 0.154 e. The molecule has 2 rings (SSSR count). The normalized spacial score (nSPS) is 28.4. The molecule has 1 aliphatic rings. The van der Waals surface area contributed by atoms with Crippen molar-refractivity contribution in [1.29, 1.82) is 0 Å². The van der Waals surface area contributed by atoms with Crippen LogP contribution in [0.15, 0.2) is 6.07 Å². The van der Waals surface area contributed by atoms with Gasteiger partial charge in [-0.1, -0.05) is 0 Å². The third kappa shape index (κ3) is 2.93. The zero-order valence-electron chi connectivity index (χ0n) is 10.8. The first-order valence-electron chi connectivity index (χ1n) is 6.00. The van der Waals surface area contributed by atoms with Crippen LogP contribution in [0.4, 0.5) is 0 Å². The number of aryl methyl sites for hydroxylation is 2. The highest BCUT2D eigenvalue weighted by Gasteiger charge is 2.37. The highest BCUT2D eigenvalue weighted by molar-refractivity contribution is 7.91. The fourth-order valence-corrected chi connectivity index (χ4v) is 5.26. The maximum Gasteiger partial charge on any atom is 0.154 e. The monoisotopic (exact) mass is 289 g/mol. The Morgan fingerprint density at radius 2 is 2.11 bits per heavy atom. The van der Waals surface area contributed by atoms with Gasteiger partial charge in [0, 0.05) is 21.8 Å². The lowest BCUT2D eigenvalue weighted by atomic mass is 10.1. The first kappa shape index (κ1) is 14.0. The van der Waals surface area contributed by atoms with Crippen molar-refractivity contribution in [2.45, 2.75) is 39.0 Å². The van der Waals surface area contributed by atoms with E-state index in [-0.39, 0.29) is 23.6 Å². The third-order valence-electron chi connectivity index (χ3n) is 3.33. The molecule has 2 N–H and O–H groups in total. The number of hydrogen-bond donors (Lipinski definition) is 2. The van der Waals surface area contributed by atoms with Crippen LogP contribution in [-0.4, -0.2) is 37.2 Å². The van der Waals surface area contributed by atoms with E-state index in [4.69, 9.17) is 0 Å². The van der Waals surface area contributed by atoms with E-state index < -0.39 is 15.9 Å². The van der Waals surface area contributed by atoms with E-state index in [1.807, 2.05) is 6.92 Å². The van der Waals surface area contributed by atoms with Gasteiger partial charge in [0.05, 0.1) is 17.6 Å². The van der Waals surface area contributed by atoms with Crippen molar-refractivity contribution >= 4 is 21.2 Å². The van der Waals surface area contributed by atoms with Gasteiger partial charge in [-0.15, -0.1) is 11.3 Å². The van der Waals surface area contributed by atoms with Crippen molar-refractivity contribution in [2.75, 3.05) is 11.5 Å². The molecule has 0 saturated carbocycles. The number of aliphatic hydroxyl groups excluding tert-OH is 1. The van der Waals surface area contributed by atoms with Gasteiger partial charge in [0.1, 0.15) is 0 Å². The number of sulfone groups is 1. The van der Waals surface area contributed by atoms with E-state index in [2.05, 4.69) is 25.2 Å². The molecule has 1 aromatic heterocycles. The van der Waals surface area contributed by atoms with Crippen molar-refractivity contribution in [3.8, 4) is 0 Å². The van der Waals surface area contributed by atoms with E-state index in [0.29, 0.717) is 0 Å². The highest BCUT2D eigenvalue weighted by atomic mass is 32.2. The average Bonchev–Trinajstić information content (AvgIpc) is 2.66. The molecule has 6 heteroatoms. The summed E-state index contributed by atoms with van der Waals surface area (Å²) >= 11 is 1.74. The standard InChI is InChI=1S/C12H19NO3S2/c1-7-4-10(9(3)17-7)8(2)13-11-5-18(15,16)6-12(11)14/h4,8,11-14H,5-6H2,1-3H3. The van der Waals surface area contributed by atoms with Gasteiger partial charge in [-0.3, -0.25) is 0 Å². The van der Waals surface area contributed by atoms with Crippen LogP contribution < -0.4 is 5.32 Å². The molecule has 0 aromatic carbocycles. The summed E-state index contributed by atoms with van der Waals surface area (Å²) in [7, 11) is -3.09. The summed E-state index contributed by atoms with van der Waals surface area (Å²) in [6.07, 6.45) is -0.794. The number of nitrogens with one attached hydrogen (secondary N) is 1. The van der Waals surface area contributed by atoms with E-state index >= 15 is 0 Å². The SMILES string of the molecule is Cc1cc(C(C)NC2CS(=O)(=O)CC2O)c(C)s1. The Morgan fingerprint density at radius 1 is 1.44 bits per heavy atom. The molecule has 1 aliphatic heterocycles. The second-order valence-corrected chi connectivity index (χ2v) is 8.62. The van der Waals surface area contributed by atoms with Gasteiger partial charge < -0.3 is 10.4 Å². The van der Waals surface area contributed by atoms with Crippen LogP contribution in [0.5, 0.6) is 0 Å². The molecular formula is C12H19NO3S2. The van der Waals surface area contributed by atoms with E-state index in [9.17, 15) is 13.5 Å². The molecule has 0 bridgehead atoms. The summed E-state index contributed by atoms with van der Waals surface area (Å²) in [4.78, 5) is 2.48. The fourth-order valence-electron chi connectivity index (χ4n) is 2.48. The molecule has 0 spiro atoms. The van der Waals surface area contributed by atoms with E-state index in [0.717, 1.165) is 0 Å². The second-order valence-electron chi connectivity index (χ2n) is 5.01. The number of hydrogen-bond acceptors (Lipinski definition) is 5. The van der Waals surface area contributed by atoms with Crippen LogP contribution >= 0.6 is 11.3 Å². The molecule has 3 unspecified atom stereocenters. The van der Waals surface area contributed by atoms with Crippen molar-refractivity contribution in [1.82, 2.24) is 5.32 Å². The Hall–Kier alpha value is -0.430. The Labute approximate surface area is 112 Å². The summed E-state index contributed by atoms with van der Waals surface area (Å²) in [5.41, 5.74) is 1.19. The Kier molecular flexibility index (Phi) is 3.82. The van der Waals surface area contributed by atoms with Crippen LogP contribution in [0.2, 0.25) is 0 Å². The first-order chi connectivity index (χ1) is 8.28. The van der Waals surface area contributed by atoms with Crippen LogP contribution in [0.25, 0.3) is 0 Å². The third-order valence-corrected chi connectivity index (χ3v) is 6.03. The van der Waals surface area contributed by atoms with Gasteiger partial charge in [0.25, 0.3) is 0 Å². The Balaban J connectivity index is 2.08. The van der Waals surface area contributed by atoms with Crippen LogP contribution in [-0.2, 0) is 9.84 Å². The van der Waals surface area contributed by atoms with Gasteiger partial charge in [-0.05, 0) is 32.4 Å². The van der Waals surface area contributed by atoms with Crippen LogP contribution in [0.3, 0.4) is 0 Å². The minimum absolute atomic E-state index is 0.0284. The molecule has 1 saturated heterocycles. The van der Waals surface area contributed by atoms with Gasteiger partial charge in [0.15, 0.2) is 9.84 Å². The molecule has 102 valence electrons. The lowest BCUT2D eigenvalue weighted by molar-refractivity contribution is 0.160. The summed E-state index contributed by atoms with van der Waals surface area (Å²) in [5.74, 6) is -0.0975. The second kappa shape index (κ2) is 4.92. The molecule has 0 amide bonds. The summed E-state index contributed by atoms with van der Waals surface area (Å²) in [6, 6.07) is 1.82. The maximum atomic E-state index is 11.4. The zero-order valence-corrected chi connectivity index (χ0v) is 12.4. The Bertz CT molecular complexity index is 536. The van der Waals surface area contributed by atoms with Crippen molar-refractivity contribution in [2.24, 2.45) is 0 Å². The zero-order chi connectivity index (χ0) is 13.5. The van der Waals surface area contributed by atoms with E-state index in [1.54, 1.807) is 11.3 Å². The molecule has 1 aromatic rings. The maximum absolute atomic E-state index is 11.4. The van der Waals surface area contributed by atoms with Crippen LogP contribution in [0, 0.1) is 13.8 Å². The van der Waals surface area contributed by atoms with Crippen molar-refractivity contribution < 1.29 is 13.5 Å². The molecule has 1 fully saturated rings. The molecule has 3 atom stereocenters. The molecule has 4 nitrogen and oxygen atoms in total. The quantitative estimate of drug-likeness (QED) is 0.877. The van der Waals surface area contributed by atoms with Crippen LogP contribution in [0.1, 0.15) is 28.3 Å². The Morgan fingerprint density at radius 3 is 2.56 bits per heavy atom. The molecule has 2 heterocycles. The van der Waals surface area contributed by atoms with Crippen molar-refractivity contribution in [3.63, 3.8) is 0 Å². The molecule has 0 radical (unpaired) electrons. The van der Waals surface area contributed by atoms with Gasteiger partial charge in [-0.2, -0.15) is 0 Å². The molecule has 0 aliphatic carbocycles. The average molecular weight is 289 g/mol. The van der Waals surface area contributed by atoms with E-state index in [1.165, 1.54) is 15.3 Å². The van der Waals surface area contributed by atoms with Gasteiger partial charge in [0.2, 0.25) is 0 Å². The molecular weight excluding hydrogens is 270 g/mol. The fraction of sp³-hybridized carbons (Fsp3) is 0.667. The first-order valence-corrected chi connectivity index (χ1v) is 8.64. The number of thiophene rings is 1. The number of aliphatic hydroxyl groups is 1. The largest absolute Gasteiger partial charge is 0.390 e. The van der Waals surface area contributed by atoms with Gasteiger partial charge in [-0.25, -0.2) is 8.42 Å². The predicted octanol–water partition coefficient (Wildman–Crippen LogP) is 1.17.